The summed E-state index contributed by atoms with van der Waals surface area (Å²) in [4.78, 5) is 0. The summed E-state index contributed by atoms with van der Waals surface area (Å²) in [7, 11) is 0. The fourth-order valence-corrected chi connectivity index (χ4v) is 1.23. The fraction of sp³-hybridized carbons (Fsp3) is 0.417. The van der Waals surface area contributed by atoms with Crippen molar-refractivity contribution in [1.29, 1.82) is 5.41 Å². The summed E-state index contributed by atoms with van der Waals surface area (Å²) in [6, 6.07) is 6.86. The largest absolute Gasteiger partial charge is 0.491 e. The summed E-state index contributed by atoms with van der Waals surface area (Å²) in [5.41, 5.74) is -0.321. The van der Waals surface area contributed by atoms with Crippen LogP contribution in [0.1, 0.15) is 19.4 Å². The van der Waals surface area contributed by atoms with E-state index in [4.69, 9.17) is 15.3 Å². The summed E-state index contributed by atoms with van der Waals surface area (Å²) in [5.74, 6) is 0.640. The average Bonchev–Trinajstić information content (AvgIpc) is 2.25. The molecule has 4 heteroatoms. The number of aliphatic hydroxyl groups excluding tert-OH is 1. The number of ether oxygens (including phenoxy) is 1. The van der Waals surface area contributed by atoms with Gasteiger partial charge in [0.15, 0.2) is 0 Å². The van der Waals surface area contributed by atoms with E-state index in [1.807, 2.05) is 0 Å². The molecule has 0 radical (unpaired) electrons. The van der Waals surface area contributed by atoms with Crippen LogP contribution in [-0.2, 0) is 0 Å². The lowest BCUT2D eigenvalue weighted by atomic mass is 9.96. The molecule has 0 unspecified atom stereocenters. The second-order valence-corrected chi connectivity index (χ2v) is 4.03. The molecule has 0 atom stereocenters. The Hall–Kier alpha value is -1.39. The van der Waals surface area contributed by atoms with Crippen LogP contribution in [0.25, 0.3) is 0 Å². The predicted octanol–water partition coefficient (Wildman–Crippen LogP) is 1.20. The van der Waals surface area contributed by atoms with Gasteiger partial charge in [-0.05, 0) is 43.7 Å². The Morgan fingerprint density at radius 2 is 1.88 bits per heavy atom. The monoisotopic (exact) mass is 223 g/mol. The Labute approximate surface area is 95.0 Å². The van der Waals surface area contributed by atoms with Crippen molar-refractivity contribution in [1.82, 2.24) is 0 Å². The van der Waals surface area contributed by atoms with Gasteiger partial charge in [-0.15, -0.1) is 0 Å². The summed E-state index contributed by atoms with van der Waals surface area (Å²) >= 11 is 0. The van der Waals surface area contributed by atoms with Crippen LogP contribution in [0.15, 0.2) is 24.3 Å². The van der Waals surface area contributed by atoms with E-state index in [0.717, 1.165) is 0 Å². The number of nitrogens with one attached hydrogen (secondary N) is 1. The molecule has 16 heavy (non-hydrogen) atoms. The van der Waals surface area contributed by atoms with Crippen molar-refractivity contribution in [3.05, 3.63) is 29.8 Å². The van der Waals surface area contributed by atoms with Crippen LogP contribution in [0.2, 0.25) is 0 Å². The SMILES string of the molecule is CC(C)(O)C(=N)c1ccc(OCCO)cc1. The highest BCUT2D eigenvalue weighted by Gasteiger charge is 2.20. The molecule has 3 N–H and O–H groups in total. The van der Waals surface area contributed by atoms with Gasteiger partial charge < -0.3 is 20.4 Å². The molecule has 1 rings (SSSR count). The third-order valence-corrected chi connectivity index (χ3v) is 2.11. The van der Waals surface area contributed by atoms with Crippen molar-refractivity contribution in [3.8, 4) is 5.75 Å². The Morgan fingerprint density at radius 1 is 1.31 bits per heavy atom. The average molecular weight is 223 g/mol. The van der Waals surface area contributed by atoms with Crippen molar-refractivity contribution in [2.45, 2.75) is 19.4 Å². The van der Waals surface area contributed by atoms with Crippen molar-refractivity contribution < 1.29 is 14.9 Å². The number of aliphatic hydroxyl groups is 2. The molecule has 1 aromatic rings. The van der Waals surface area contributed by atoms with E-state index < -0.39 is 5.60 Å². The first-order chi connectivity index (χ1) is 7.45. The zero-order valence-electron chi connectivity index (χ0n) is 9.53. The zero-order chi connectivity index (χ0) is 12.2. The van der Waals surface area contributed by atoms with Gasteiger partial charge in [0.2, 0.25) is 0 Å². The molecule has 88 valence electrons. The molecule has 4 nitrogen and oxygen atoms in total. The third-order valence-electron chi connectivity index (χ3n) is 2.11. The minimum Gasteiger partial charge on any atom is -0.491 e. The van der Waals surface area contributed by atoms with Crippen LogP contribution >= 0.6 is 0 Å². The van der Waals surface area contributed by atoms with Gasteiger partial charge in [0, 0.05) is 0 Å². The topological polar surface area (TPSA) is 73.5 Å². The molecule has 0 heterocycles. The van der Waals surface area contributed by atoms with Gasteiger partial charge in [0.05, 0.1) is 12.3 Å². The number of benzene rings is 1. The van der Waals surface area contributed by atoms with Crippen LogP contribution in [0.3, 0.4) is 0 Å². The molecule has 0 amide bonds. The van der Waals surface area contributed by atoms with E-state index in [1.165, 1.54) is 0 Å². The highest BCUT2D eigenvalue weighted by molar-refractivity contribution is 6.03. The van der Waals surface area contributed by atoms with Crippen LogP contribution < -0.4 is 4.74 Å². The summed E-state index contributed by atoms with van der Waals surface area (Å²) in [6.07, 6.45) is 0. The standard InChI is InChI=1S/C12H17NO3/c1-12(2,15)11(13)9-3-5-10(6-4-9)16-8-7-14/h3-6,13-15H,7-8H2,1-2H3. The van der Waals surface area contributed by atoms with Gasteiger partial charge >= 0.3 is 0 Å². The van der Waals surface area contributed by atoms with Gasteiger partial charge in [-0.2, -0.15) is 0 Å². The molecule has 1 aromatic carbocycles. The molecule has 0 aliphatic carbocycles. The van der Waals surface area contributed by atoms with Gasteiger partial charge in [-0.3, -0.25) is 0 Å². The minimum absolute atomic E-state index is 0.0265. The van der Waals surface area contributed by atoms with Gasteiger partial charge in [0.1, 0.15) is 18.0 Å². The second-order valence-electron chi connectivity index (χ2n) is 4.03. The molecule has 0 bridgehead atoms. The number of hydrogen-bond donors (Lipinski definition) is 3. The van der Waals surface area contributed by atoms with E-state index >= 15 is 0 Å². The molecule has 0 spiro atoms. The molecular weight excluding hydrogens is 206 g/mol. The first-order valence-electron chi connectivity index (χ1n) is 5.10. The maximum Gasteiger partial charge on any atom is 0.119 e. The molecule has 0 saturated carbocycles. The summed E-state index contributed by atoms with van der Waals surface area (Å²) in [6.45, 7) is 3.38. The molecule has 0 aliphatic rings. The second kappa shape index (κ2) is 5.09. The minimum atomic E-state index is -1.15. The van der Waals surface area contributed by atoms with Crippen molar-refractivity contribution in [2.24, 2.45) is 0 Å². The maximum atomic E-state index is 9.66. The molecule has 0 aromatic heterocycles. The Morgan fingerprint density at radius 3 is 2.31 bits per heavy atom. The molecule has 0 aliphatic heterocycles. The summed E-state index contributed by atoms with van der Waals surface area (Å²) in [5, 5.41) is 26.0. The van der Waals surface area contributed by atoms with Crippen LogP contribution in [-0.4, -0.2) is 34.7 Å². The quantitative estimate of drug-likeness (QED) is 0.656. The predicted molar refractivity (Wildman–Crippen MR) is 62.1 cm³/mol. The lowest BCUT2D eigenvalue weighted by Gasteiger charge is -2.18. The summed E-state index contributed by atoms with van der Waals surface area (Å²) < 4.78 is 5.19. The van der Waals surface area contributed by atoms with Crippen LogP contribution in [0.5, 0.6) is 5.75 Å². The van der Waals surface area contributed by atoms with Gasteiger partial charge in [-0.25, -0.2) is 0 Å². The van der Waals surface area contributed by atoms with E-state index in [2.05, 4.69) is 0 Å². The van der Waals surface area contributed by atoms with Crippen molar-refractivity contribution >= 4 is 5.71 Å². The first kappa shape index (κ1) is 12.7. The smallest absolute Gasteiger partial charge is 0.119 e. The van der Waals surface area contributed by atoms with Gasteiger partial charge in [-0.1, -0.05) is 0 Å². The molecule has 0 saturated heterocycles. The van der Waals surface area contributed by atoms with Gasteiger partial charge in [0.25, 0.3) is 0 Å². The number of hydrogen-bond acceptors (Lipinski definition) is 4. The first-order valence-corrected chi connectivity index (χ1v) is 5.10. The highest BCUT2D eigenvalue weighted by Crippen LogP contribution is 2.16. The lowest BCUT2D eigenvalue weighted by Crippen LogP contribution is -2.31. The third kappa shape index (κ3) is 3.32. The van der Waals surface area contributed by atoms with Crippen molar-refractivity contribution in [3.63, 3.8) is 0 Å². The Bertz CT molecular complexity index is 352. The highest BCUT2D eigenvalue weighted by atomic mass is 16.5. The Kier molecular flexibility index (Phi) is 4.04. The van der Waals surface area contributed by atoms with E-state index in [9.17, 15) is 5.11 Å². The van der Waals surface area contributed by atoms with E-state index in [-0.39, 0.29) is 18.9 Å². The van der Waals surface area contributed by atoms with Crippen LogP contribution in [0, 0.1) is 5.41 Å². The number of rotatable bonds is 5. The molecule has 0 fully saturated rings. The zero-order valence-corrected chi connectivity index (χ0v) is 9.53. The maximum absolute atomic E-state index is 9.66. The lowest BCUT2D eigenvalue weighted by molar-refractivity contribution is 0.153. The fourth-order valence-electron chi connectivity index (χ4n) is 1.23. The van der Waals surface area contributed by atoms with Crippen LogP contribution in [0.4, 0.5) is 0 Å². The van der Waals surface area contributed by atoms with Crippen molar-refractivity contribution in [2.75, 3.05) is 13.2 Å². The van der Waals surface area contributed by atoms with E-state index in [0.29, 0.717) is 11.3 Å². The van der Waals surface area contributed by atoms with E-state index in [1.54, 1.807) is 38.1 Å². The molecular formula is C12H17NO3. The normalized spacial score (nSPS) is 11.2. The Balaban J connectivity index is 2.75.